The van der Waals surface area contributed by atoms with Crippen molar-refractivity contribution < 1.29 is 14.0 Å². The lowest BCUT2D eigenvalue weighted by Crippen LogP contribution is -2.41. The molecule has 24 heavy (non-hydrogen) atoms. The van der Waals surface area contributed by atoms with Crippen molar-refractivity contribution in [2.75, 3.05) is 11.9 Å². The molecule has 0 spiro atoms. The number of benzene rings is 1. The molecule has 0 aliphatic carbocycles. The van der Waals surface area contributed by atoms with E-state index in [4.69, 9.17) is 0 Å². The summed E-state index contributed by atoms with van der Waals surface area (Å²) in [5.74, 6) is -0.985. The molecule has 2 N–H and O–H groups in total. The van der Waals surface area contributed by atoms with Gasteiger partial charge in [0.1, 0.15) is 5.82 Å². The fourth-order valence-corrected chi connectivity index (χ4v) is 2.26. The lowest BCUT2D eigenvalue weighted by Gasteiger charge is -2.24. The lowest BCUT2D eigenvalue weighted by atomic mass is 9.83. The molecule has 2 rings (SSSR count). The summed E-state index contributed by atoms with van der Waals surface area (Å²) in [4.78, 5) is 28.1. The SMILES string of the molecule is CC(C)(C(=O)NCCC(=O)Nc1cccnc1)c1ccccc1F. The maximum absolute atomic E-state index is 13.9. The van der Waals surface area contributed by atoms with E-state index in [9.17, 15) is 14.0 Å². The van der Waals surface area contributed by atoms with E-state index in [1.54, 1.807) is 50.4 Å². The number of anilines is 1. The molecule has 6 heteroatoms. The first-order valence-corrected chi connectivity index (χ1v) is 7.64. The van der Waals surface area contributed by atoms with Crippen molar-refractivity contribution in [3.05, 3.63) is 60.2 Å². The van der Waals surface area contributed by atoms with Crippen LogP contribution in [0.5, 0.6) is 0 Å². The largest absolute Gasteiger partial charge is 0.355 e. The molecule has 1 aromatic carbocycles. The number of rotatable bonds is 6. The lowest BCUT2D eigenvalue weighted by molar-refractivity contribution is -0.125. The van der Waals surface area contributed by atoms with Gasteiger partial charge in [0.2, 0.25) is 11.8 Å². The Morgan fingerprint density at radius 3 is 2.58 bits per heavy atom. The summed E-state index contributed by atoms with van der Waals surface area (Å²) >= 11 is 0. The van der Waals surface area contributed by atoms with Gasteiger partial charge < -0.3 is 10.6 Å². The third kappa shape index (κ3) is 4.38. The molecule has 0 bridgehead atoms. The minimum absolute atomic E-state index is 0.119. The molecule has 0 unspecified atom stereocenters. The normalized spacial score (nSPS) is 11.0. The number of nitrogens with one attached hydrogen (secondary N) is 2. The summed E-state index contributed by atoms with van der Waals surface area (Å²) < 4.78 is 13.9. The van der Waals surface area contributed by atoms with Crippen LogP contribution in [0.25, 0.3) is 0 Å². The summed E-state index contributed by atoms with van der Waals surface area (Å²) in [6, 6.07) is 9.62. The van der Waals surface area contributed by atoms with Crippen molar-refractivity contribution in [2.24, 2.45) is 0 Å². The fraction of sp³-hybridized carbons (Fsp3) is 0.278. The van der Waals surface area contributed by atoms with Crippen molar-refractivity contribution in [3.63, 3.8) is 0 Å². The van der Waals surface area contributed by atoms with Crippen LogP contribution in [-0.2, 0) is 15.0 Å². The number of halogens is 1. The Balaban J connectivity index is 1.86. The molecule has 1 aromatic heterocycles. The number of nitrogens with zero attached hydrogens (tertiary/aromatic N) is 1. The number of carbonyl (C=O) groups excluding carboxylic acids is 2. The van der Waals surface area contributed by atoms with E-state index in [1.165, 1.54) is 12.3 Å². The monoisotopic (exact) mass is 329 g/mol. The van der Waals surface area contributed by atoms with Gasteiger partial charge in [-0.05, 0) is 32.0 Å². The molecule has 5 nitrogen and oxygen atoms in total. The summed E-state index contributed by atoms with van der Waals surface area (Å²) in [6.45, 7) is 3.47. The van der Waals surface area contributed by atoms with Crippen LogP contribution in [-0.4, -0.2) is 23.3 Å². The molecule has 0 saturated carbocycles. The predicted molar refractivity (Wildman–Crippen MR) is 89.9 cm³/mol. The molecule has 2 amide bonds. The highest BCUT2D eigenvalue weighted by molar-refractivity contribution is 5.91. The van der Waals surface area contributed by atoms with Gasteiger partial charge in [0, 0.05) is 24.7 Å². The molecule has 0 radical (unpaired) electrons. The molecule has 2 aromatic rings. The second-order valence-corrected chi connectivity index (χ2v) is 5.90. The van der Waals surface area contributed by atoms with Gasteiger partial charge in [-0.15, -0.1) is 0 Å². The summed E-state index contributed by atoms with van der Waals surface area (Å²) in [6.07, 6.45) is 3.27. The third-order valence-electron chi connectivity index (χ3n) is 3.70. The highest BCUT2D eigenvalue weighted by Gasteiger charge is 2.31. The van der Waals surface area contributed by atoms with E-state index in [-0.39, 0.29) is 24.8 Å². The van der Waals surface area contributed by atoms with Gasteiger partial charge in [0.05, 0.1) is 17.3 Å². The summed E-state index contributed by atoms with van der Waals surface area (Å²) in [5, 5.41) is 5.37. The van der Waals surface area contributed by atoms with Gasteiger partial charge >= 0.3 is 0 Å². The van der Waals surface area contributed by atoms with Crippen LogP contribution in [0.1, 0.15) is 25.8 Å². The Bertz CT molecular complexity index is 717. The second-order valence-electron chi connectivity index (χ2n) is 5.90. The van der Waals surface area contributed by atoms with E-state index in [2.05, 4.69) is 15.6 Å². The Morgan fingerprint density at radius 1 is 1.17 bits per heavy atom. The van der Waals surface area contributed by atoms with Crippen LogP contribution < -0.4 is 10.6 Å². The predicted octanol–water partition coefficient (Wildman–Crippen LogP) is 2.64. The molecule has 0 aliphatic rings. The van der Waals surface area contributed by atoms with Gasteiger partial charge in [-0.1, -0.05) is 18.2 Å². The first kappa shape index (κ1) is 17.6. The van der Waals surface area contributed by atoms with E-state index in [0.717, 1.165) is 0 Å². The van der Waals surface area contributed by atoms with Gasteiger partial charge in [-0.25, -0.2) is 4.39 Å². The van der Waals surface area contributed by atoms with Crippen LogP contribution in [0.4, 0.5) is 10.1 Å². The molecule has 0 aliphatic heterocycles. The Kier molecular flexibility index (Phi) is 5.63. The number of hydrogen-bond acceptors (Lipinski definition) is 3. The smallest absolute Gasteiger partial charge is 0.230 e. The molecule has 0 atom stereocenters. The number of carbonyl (C=O) groups is 2. The zero-order chi connectivity index (χ0) is 17.6. The van der Waals surface area contributed by atoms with Crippen molar-refractivity contribution in [1.82, 2.24) is 10.3 Å². The standard InChI is InChI=1S/C18H20FN3O2/c1-18(2,14-7-3-4-8-15(14)19)17(24)21-11-9-16(23)22-13-6-5-10-20-12-13/h3-8,10,12H,9,11H2,1-2H3,(H,21,24)(H,22,23). The molecular weight excluding hydrogens is 309 g/mol. The van der Waals surface area contributed by atoms with E-state index >= 15 is 0 Å². The van der Waals surface area contributed by atoms with Gasteiger partial charge in [0.25, 0.3) is 0 Å². The van der Waals surface area contributed by atoms with Crippen LogP contribution in [0.2, 0.25) is 0 Å². The van der Waals surface area contributed by atoms with Crippen LogP contribution in [0, 0.1) is 5.82 Å². The fourth-order valence-electron chi connectivity index (χ4n) is 2.26. The molecule has 0 fully saturated rings. The number of pyridine rings is 1. The average Bonchev–Trinajstić information content (AvgIpc) is 2.55. The minimum atomic E-state index is -1.02. The topological polar surface area (TPSA) is 71.1 Å². The van der Waals surface area contributed by atoms with E-state index in [0.29, 0.717) is 11.3 Å². The van der Waals surface area contributed by atoms with Crippen molar-refractivity contribution in [3.8, 4) is 0 Å². The van der Waals surface area contributed by atoms with Crippen molar-refractivity contribution in [1.29, 1.82) is 0 Å². The molecule has 126 valence electrons. The van der Waals surface area contributed by atoms with Gasteiger partial charge in [-0.3, -0.25) is 14.6 Å². The van der Waals surface area contributed by atoms with Gasteiger partial charge in [0.15, 0.2) is 0 Å². The minimum Gasteiger partial charge on any atom is -0.355 e. The zero-order valence-electron chi connectivity index (χ0n) is 13.7. The Morgan fingerprint density at radius 2 is 1.92 bits per heavy atom. The number of amides is 2. The van der Waals surface area contributed by atoms with Crippen molar-refractivity contribution in [2.45, 2.75) is 25.7 Å². The van der Waals surface area contributed by atoms with Crippen LogP contribution in [0.3, 0.4) is 0 Å². The highest BCUT2D eigenvalue weighted by Crippen LogP contribution is 2.25. The number of aromatic nitrogens is 1. The zero-order valence-corrected chi connectivity index (χ0v) is 13.7. The maximum Gasteiger partial charge on any atom is 0.230 e. The third-order valence-corrected chi connectivity index (χ3v) is 3.70. The van der Waals surface area contributed by atoms with E-state index in [1.807, 2.05) is 0 Å². The number of hydrogen-bond donors (Lipinski definition) is 2. The first-order valence-electron chi connectivity index (χ1n) is 7.64. The Labute approximate surface area is 140 Å². The van der Waals surface area contributed by atoms with Crippen LogP contribution >= 0.6 is 0 Å². The van der Waals surface area contributed by atoms with Gasteiger partial charge in [-0.2, -0.15) is 0 Å². The molecule has 1 heterocycles. The second kappa shape index (κ2) is 7.68. The highest BCUT2D eigenvalue weighted by atomic mass is 19.1. The van der Waals surface area contributed by atoms with Crippen molar-refractivity contribution >= 4 is 17.5 Å². The Hall–Kier alpha value is -2.76. The first-order chi connectivity index (χ1) is 11.4. The van der Waals surface area contributed by atoms with E-state index < -0.39 is 11.2 Å². The summed E-state index contributed by atoms with van der Waals surface area (Å²) in [7, 11) is 0. The maximum atomic E-state index is 13.9. The molecular formula is C18H20FN3O2. The summed E-state index contributed by atoms with van der Waals surface area (Å²) in [5.41, 5.74) is -0.103. The molecule has 0 saturated heterocycles. The average molecular weight is 329 g/mol. The van der Waals surface area contributed by atoms with Crippen LogP contribution in [0.15, 0.2) is 48.8 Å². The quantitative estimate of drug-likeness (QED) is 0.856.